The lowest BCUT2D eigenvalue weighted by Crippen LogP contribution is -2.36. The summed E-state index contributed by atoms with van der Waals surface area (Å²) in [6, 6.07) is 8.31. The number of nitrogens with zero attached hydrogens (tertiary/aromatic N) is 1. The molecule has 0 fully saturated rings. The summed E-state index contributed by atoms with van der Waals surface area (Å²) in [5.41, 5.74) is 7.21. The second kappa shape index (κ2) is 6.92. The van der Waals surface area contributed by atoms with Gasteiger partial charge in [-0.2, -0.15) is 0 Å². The Labute approximate surface area is 117 Å². The predicted octanol–water partition coefficient (Wildman–Crippen LogP) is 2.89. The van der Waals surface area contributed by atoms with Gasteiger partial charge in [0.2, 0.25) is 0 Å². The fraction of sp³-hybridized carbons (Fsp3) is 0.625. The van der Waals surface area contributed by atoms with Gasteiger partial charge >= 0.3 is 0 Å². The predicted molar refractivity (Wildman–Crippen MR) is 81.4 cm³/mol. The third kappa shape index (κ3) is 6.08. The van der Waals surface area contributed by atoms with E-state index in [1.807, 2.05) is 19.9 Å². The van der Waals surface area contributed by atoms with Crippen molar-refractivity contribution in [2.75, 3.05) is 20.1 Å². The number of nitrogens with two attached hydrogens (primary N) is 1. The molecule has 0 aliphatic carbocycles. The highest BCUT2D eigenvalue weighted by Crippen LogP contribution is 2.18. The van der Waals surface area contributed by atoms with Crippen LogP contribution in [0.25, 0.3) is 0 Å². The zero-order chi connectivity index (χ0) is 14.5. The lowest BCUT2D eigenvalue weighted by molar-refractivity contribution is 0.209. The molecule has 1 rings (SSSR count). The molecule has 108 valence electrons. The SMILES string of the molecule is CC(C)Oc1cccc(CN(C)CC(C)(C)CN)c1. The van der Waals surface area contributed by atoms with Crippen molar-refractivity contribution in [3.05, 3.63) is 29.8 Å². The zero-order valence-electron chi connectivity index (χ0n) is 12.9. The molecule has 0 aromatic heterocycles. The molecule has 0 spiro atoms. The smallest absolute Gasteiger partial charge is 0.120 e. The van der Waals surface area contributed by atoms with Gasteiger partial charge in [-0.3, -0.25) is 0 Å². The van der Waals surface area contributed by atoms with Crippen LogP contribution in [0.3, 0.4) is 0 Å². The molecule has 19 heavy (non-hydrogen) atoms. The normalized spacial score (nSPS) is 12.2. The van der Waals surface area contributed by atoms with Gasteiger partial charge in [0.25, 0.3) is 0 Å². The summed E-state index contributed by atoms with van der Waals surface area (Å²) in [6.45, 7) is 11.1. The van der Waals surface area contributed by atoms with Crippen LogP contribution in [0.4, 0.5) is 0 Å². The molecule has 0 heterocycles. The fourth-order valence-electron chi connectivity index (χ4n) is 2.15. The van der Waals surface area contributed by atoms with Crippen molar-refractivity contribution in [3.8, 4) is 5.75 Å². The minimum absolute atomic E-state index is 0.154. The van der Waals surface area contributed by atoms with Gasteiger partial charge in [-0.15, -0.1) is 0 Å². The van der Waals surface area contributed by atoms with Crippen molar-refractivity contribution in [1.29, 1.82) is 0 Å². The fourth-order valence-corrected chi connectivity index (χ4v) is 2.15. The standard InChI is InChI=1S/C16H28N2O/c1-13(2)19-15-8-6-7-14(9-15)10-18(5)12-16(3,4)11-17/h6-9,13H,10-12,17H2,1-5H3. The molecule has 0 bridgehead atoms. The Bertz CT molecular complexity index is 388. The summed E-state index contributed by atoms with van der Waals surface area (Å²) >= 11 is 0. The molecule has 3 nitrogen and oxygen atoms in total. The van der Waals surface area contributed by atoms with Crippen LogP contribution in [0.15, 0.2) is 24.3 Å². The van der Waals surface area contributed by atoms with E-state index < -0.39 is 0 Å². The van der Waals surface area contributed by atoms with E-state index in [0.717, 1.165) is 18.8 Å². The molecule has 0 saturated heterocycles. The van der Waals surface area contributed by atoms with Gasteiger partial charge in [-0.05, 0) is 50.6 Å². The Morgan fingerprint density at radius 1 is 1.32 bits per heavy atom. The van der Waals surface area contributed by atoms with E-state index in [-0.39, 0.29) is 11.5 Å². The third-order valence-electron chi connectivity index (χ3n) is 2.97. The van der Waals surface area contributed by atoms with Crippen LogP contribution in [-0.2, 0) is 6.54 Å². The van der Waals surface area contributed by atoms with Gasteiger partial charge in [-0.1, -0.05) is 26.0 Å². The molecule has 0 atom stereocenters. The van der Waals surface area contributed by atoms with E-state index in [9.17, 15) is 0 Å². The lowest BCUT2D eigenvalue weighted by Gasteiger charge is -2.29. The summed E-state index contributed by atoms with van der Waals surface area (Å²) in [4.78, 5) is 2.31. The molecule has 1 aromatic carbocycles. The minimum Gasteiger partial charge on any atom is -0.491 e. The highest BCUT2D eigenvalue weighted by atomic mass is 16.5. The zero-order valence-corrected chi connectivity index (χ0v) is 12.9. The summed E-state index contributed by atoms with van der Waals surface area (Å²) < 4.78 is 5.72. The van der Waals surface area contributed by atoms with Gasteiger partial charge in [-0.25, -0.2) is 0 Å². The molecular weight excluding hydrogens is 236 g/mol. The lowest BCUT2D eigenvalue weighted by atomic mass is 9.93. The number of hydrogen-bond acceptors (Lipinski definition) is 3. The molecule has 0 amide bonds. The van der Waals surface area contributed by atoms with Crippen molar-refractivity contribution in [2.45, 2.75) is 40.3 Å². The summed E-state index contributed by atoms with van der Waals surface area (Å²) in [6.07, 6.45) is 0.212. The Kier molecular flexibility index (Phi) is 5.83. The Morgan fingerprint density at radius 2 is 2.00 bits per heavy atom. The van der Waals surface area contributed by atoms with Gasteiger partial charge in [0.15, 0.2) is 0 Å². The first-order valence-corrected chi connectivity index (χ1v) is 6.96. The quantitative estimate of drug-likeness (QED) is 0.823. The van der Waals surface area contributed by atoms with E-state index >= 15 is 0 Å². The monoisotopic (exact) mass is 264 g/mol. The summed E-state index contributed by atoms with van der Waals surface area (Å²) in [7, 11) is 2.13. The first-order chi connectivity index (χ1) is 8.82. The van der Waals surface area contributed by atoms with Crippen LogP contribution in [0.5, 0.6) is 5.75 Å². The van der Waals surface area contributed by atoms with Gasteiger partial charge < -0.3 is 15.4 Å². The van der Waals surface area contributed by atoms with Crippen molar-refractivity contribution in [2.24, 2.45) is 11.1 Å². The number of ether oxygens (including phenoxy) is 1. The van der Waals surface area contributed by atoms with E-state index in [4.69, 9.17) is 10.5 Å². The maximum absolute atomic E-state index is 5.78. The average molecular weight is 264 g/mol. The van der Waals surface area contributed by atoms with E-state index in [0.29, 0.717) is 6.54 Å². The van der Waals surface area contributed by atoms with Crippen LogP contribution >= 0.6 is 0 Å². The molecule has 0 aliphatic heterocycles. The number of benzene rings is 1. The van der Waals surface area contributed by atoms with E-state index in [2.05, 4.69) is 44.0 Å². The van der Waals surface area contributed by atoms with E-state index in [1.165, 1.54) is 5.56 Å². The van der Waals surface area contributed by atoms with Gasteiger partial charge in [0.1, 0.15) is 5.75 Å². The first-order valence-electron chi connectivity index (χ1n) is 6.96. The maximum Gasteiger partial charge on any atom is 0.120 e. The van der Waals surface area contributed by atoms with Crippen molar-refractivity contribution >= 4 is 0 Å². The molecule has 2 N–H and O–H groups in total. The Balaban J connectivity index is 2.61. The summed E-state index contributed by atoms with van der Waals surface area (Å²) in [5.74, 6) is 0.944. The molecule has 0 radical (unpaired) electrons. The third-order valence-corrected chi connectivity index (χ3v) is 2.97. The van der Waals surface area contributed by atoms with Crippen LogP contribution in [0.2, 0.25) is 0 Å². The molecule has 3 heteroatoms. The highest BCUT2D eigenvalue weighted by molar-refractivity contribution is 5.28. The average Bonchev–Trinajstić information content (AvgIpc) is 2.27. The maximum atomic E-state index is 5.78. The molecular formula is C16H28N2O. The van der Waals surface area contributed by atoms with Crippen molar-refractivity contribution in [3.63, 3.8) is 0 Å². The van der Waals surface area contributed by atoms with Crippen LogP contribution in [0.1, 0.15) is 33.3 Å². The summed E-state index contributed by atoms with van der Waals surface area (Å²) in [5, 5.41) is 0. The highest BCUT2D eigenvalue weighted by Gasteiger charge is 2.18. The molecule has 0 saturated carbocycles. The van der Waals surface area contributed by atoms with Crippen molar-refractivity contribution < 1.29 is 4.74 Å². The second-order valence-electron chi connectivity index (χ2n) is 6.35. The van der Waals surface area contributed by atoms with Crippen LogP contribution < -0.4 is 10.5 Å². The number of hydrogen-bond donors (Lipinski definition) is 1. The Hall–Kier alpha value is -1.06. The Morgan fingerprint density at radius 3 is 2.58 bits per heavy atom. The van der Waals surface area contributed by atoms with Crippen LogP contribution in [0, 0.1) is 5.41 Å². The van der Waals surface area contributed by atoms with Gasteiger partial charge in [0, 0.05) is 13.1 Å². The van der Waals surface area contributed by atoms with Crippen LogP contribution in [-0.4, -0.2) is 31.1 Å². The first kappa shape index (κ1) is 16.0. The van der Waals surface area contributed by atoms with E-state index in [1.54, 1.807) is 0 Å². The molecule has 0 unspecified atom stereocenters. The topological polar surface area (TPSA) is 38.5 Å². The largest absolute Gasteiger partial charge is 0.491 e. The van der Waals surface area contributed by atoms with Crippen molar-refractivity contribution in [1.82, 2.24) is 4.90 Å². The second-order valence-corrected chi connectivity index (χ2v) is 6.35. The van der Waals surface area contributed by atoms with Gasteiger partial charge in [0.05, 0.1) is 6.10 Å². The minimum atomic E-state index is 0.154. The molecule has 0 aliphatic rings. The molecule has 1 aromatic rings. The number of rotatable bonds is 7.